The summed E-state index contributed by atoms with van der Waals surface area (Å²) < 4.78 is 29.9. The van der Waals surface area contributed by atoms with Crippen LogP contribution in [0.25, 0.3) is 0 Å². The van der Waals surface area contributed by atoms with Crippen molar-refractivity contribution in [2.24, 2.45) is 0 Å². The number of nitro benzene ring substituents is 1. The van der Waals surface area contributed by atoms with Crippen LogP contribution in [-0.4, -0.2) is 25.9 Å². The minimum atomic E-state index is -4.12. The number of carbonyl (C=O) groups is 1. The molecule has 9 nitrogen and oxygen atoms in total. The predicted molar refractivity (Wildman–Crippen MR) is 102 cm³/mol. The molecule has 0 heterocycles. The molecule has 0 aromatic heterocycles. The molecular weight excluding hydrogens is 386 g/mol. The Morgan fingerprint density at radius 1 is 1.18 bits per heavy atom. The van der Waals surface area contributed by atoms with Gasteiger partial charge in [0.25, 0.3) is 15.7 Å². The van der Waals surface area contributed by atoms with Gasteiger partial charge in [0.15, 0.2) is 0 Å². The minimum Gasteiger partial charge on any atom is -0.494 e. The molecular formula is C18H21N3O6S. The fraction of sp³-hybridized carbons (Fsp3) is 0.278. The molecule has 0 aliphatic rings. The van der Waals surface area contributed by atoms with Gasteiger partial charge in [-0.2, -0.15) is 0 Å². The predicted octanol–water partition coefficient (Wildman–Crippen LogP) is 2.38. The van der Waals surface area contributed by atoms with Crippen LogP contribution in [0.1, 0.15) is 24.0 Å². The molecule has 2 aromatic rings. The highest BCUT2D eigenvalue weighted by Crippen LogP contribution is 2.21. The lowest BCUT2D eigenvalue weighted by Gasteiger charge is -2.10. The van der Waals surface area contributed by atoms with Crippen molar-refractivity contribution in [2.75, 3.05) is 6.61 Å². The molecule has 0 spiro atoms. The third-order valence-electron chi connectivity index (χ3n) is 3.82. The summed E-state index contributed by atoms with van der Waals surface area (Å²) >= 11 is 0. The van der Waals surface area contributed by atoms with Crippen LogP contribution in [0.4, 0.5) is 5.69 Å². The van der Waals surface area contributed by atoms with Crippen LogP contribution in [0.3, 0.4) is 0 Å². The summed E-state index contributed by atoms with van der Waals surface area (Å²) in [5.41, 5.74) is 3.16. The maximum atomic E-state index is 12.2. The van der Waals surface area contributed by atoms with Gasteiger partial charge < -0.3 is 4.74 Å². The maximum Gasteiger partial charge on any atom is 0.273 e. The lowest BCUT2D eigenvalue weighted by molar-refractivity contribution is -0.385. The number of hydrazine groups is 1. The van der Waals surface area contributed by atoms with Crippen LogP contribution >= 0.6 is 0 Å². The van der Waals surface area contributed by atoms with E-state index in [1.54, 1.807) is 0 Å². The van der Waals surface area contributed by atoms with Gasteiger partial charge >= 0.3 is 0 Å². The second-order valence-corrected chi connectivity index (χ2v) is 7.81. The summed E-state index contributed by atoms with van der Waals surface area (Å²) in [6.07, 6.45) is 0.430. The molecule has 0 radical (unpaired) electrons. The summed E-state index contributed by atoms with van der Waals surface area (Å²) in [6.45, 7) is 3.74. The van der Waals surface area contributed by atoms with E-state index in [1.807, 2.05) is 36.0 Å². The highest BCUT2D eigenvalue weighted by atomic mass is 32.2. The zero-order valence-corrected chi connectivity index (χ0v) is 16.3. The number of ether oxygens (including phenoxy) is 1. The number of nitrogens with zero attached hydrogens (tertiary/aromatic N) is 1. The van der Waals surface area contributed by atoms with E-state index in [4.69, 9.17) is 4.74 Å². The average Bonchev–Trinajstić information content (AvgIpc) is 2.63. The molecule has 2 rings (SSSR count). The Kier molecular flexibility index (Phi) is 7.07. The first kappa shape index (κ1) is 21.3. The molecule has 10 heteroatoms. The minimum absolute atomic E-state index is 0.0440. The third-order valence-corrected chi connectivity index (χ3v) is 5.06. The Balaban J connectivity index is 1.83. The topological polar surface area (TPSA) is 128 Å². The fourth-order valence-electron chi connectivity index (χ4n) is 2.33. The van der Waals surface area contributed by atoms with Crippen LogP contribution < -0.4 is 15.0 Å². The smallest absolute Gasteiger partial charge is 0.273 e. The molecule has 150 valence electrons. The Hall–Kier alpha value is -2.98. The number of benzene rings is 2. The first-order chi connectivity index (χ1) is 13.2. The van der Waals surface area contributed by atoms with Gasteiger partial charge in [0.05, 0.1) is 16.4 Å². The van der Waals surface area contributed by atoms with Crippen molar-refractivity contribution in [1.82, 2.24) is 10.3 Å². The van der Waals surface area contributed by atoms with Crippen LogP contribution in [-0.2, 0) is 14.8 Å². The number of nitro groups is 1. The molecule has 0 bridgehead atoms. The van der Waals surface area contributed by atoms with Crippen LogP contribution in [0.5, 0.6) is 5.75 Å². The van der Waals surface area contributed by atoms with Crippen molar-refractivity contribution in [3.05, 3.63) is 63.7 Å². The van der Waals surface area contributed by atoms with Gasteiger partial charge in [0.1, 0.15) is 5.75 Å². The zero-order chi connectivity index (χ0) is 20.7. The van der Waals surface area contributed by atoms with E-state index in [1.165, 1.54) is 19.1 Å². The quantitative estimate of drug-likeness (QED) is 0.373. The molecule has 2 aromatic carbocycles. The summed E-state index contributed by atoms with van der Waals surface area (Å²) in [6, 6.07) is 11.0. The van der Waals surface area contributed by atoms with Crippen LogP contribution in [0.15, 0.2) is 47.4 Å². The first-order valence-corrected chi connectivity index (χ1v) is 9.92. The van der Waals surface area contributed by atoms with Gasteiger partial charge in [0, 0.05) is 18.1 Å². The van der Waals surface area contributed by atoms with Crippen molar-refractivity contribution in [3.63, 3.8) is 0 Å². The van der Waals surface area contributed by atoms with Crippen molar-refractivity contribution in [2.45, 2.75) is 31.6 Å². The van der Waals surface area contributed by atoms with Gasteiger partial charge in [-0.3, -0.25) is 20.3 Å². The van der Waals surface area contributed by atoms with Gasteiger partial charge in [-0.1, -0.05) is 18.2 Å². The highest BCUT2D eigenvalue weighted by Gasteiger charge is 2.20. The molecule has 0 unspecified atom stereocenters. The Morgan fingerprint density at radius 2 is 1.93 bits per heavy atom. The normalized spacial score (nSPS) is 11.1. The maximum absolute atomic E-state index is 12.2. The molecule has 2 N–H and O–H groups in total. The number of hydrogen-bond acceptors (Lipinski definition) is 6. The second-order valence-electron chi connectivity index (χ2n) is 6.13. The summed E-state index contributed by atoms with van der Waals surface area (Å²) in [5.74, 6) is 0.153. The number of rotatable bonds is 9. The van der Waals surface area contributed by atoms with E-state index in [0.29, 0.717) is 24.3 Å². The summed E-state index contributed by atoms with van der Waals surface area (Å²) in [5, 5.41) is 10.9. The Bertz CT molecular complexity index is 975. The van der Waals surface area contributed by atoms with Crippen molar-refractivity contribution in [3.8, 4) is 5.75 Å². The monoisotopic (exact) mass is 407 g/mol. The van der Waals surface area contributed by atoms with Crippen molar-refractivity contribution < 1.29 is 22.9 Å². The lowest BCUT2D eigenvalue weighted by atomic mass is 10.2. The van der Waals surface area contributed by atoms with Gasteiger partial charge in [0.2, 0.25) is 5.91 Å². The molecule has 0 aliphatic heterocycles. The number of carbonyl (C=O) groups excluding carboxylic acids is 1. The van der Waals surface area contributed by atoms with E-state index in [0.717, 1.165) is 11.6 Å². The SMILES string of the molecule is Cc1cccc(OCCCC(=O)NNS(=O)(=O)c2ccc(C)c([N+](=O)[O-])c2)c1. The molecule has 0 fully saturated rings. The van der Waals surface area contributed by atoms with Gasteiger partial charge in [-0.25, -0.2) is 8.42 Å². The van der Waals surface area contributed by atoms with E-state index >= 15 is 0 Å². The highest BCUT2D eigenvalue weighted by molar-refractivity contribution is 7.89. The van der Waals surface area contributed by atoms with Crippen LogP contribution in [0.2, 0.25) is 0 Å². The van der Waals surface area contributed by atoms with E-state index < -0.39 is 20.9 Å². The Morgan fingerprint density at radius 3 is 2.61 bits per heavy atom. The average molecular weight is 407 g/mol. The third kappa shape index (κ3) is 6.03. The zero-order valence-electron chi connectivity index (χ0n) is 15.5. The lowest BCUT2D eigenvalue weighted by Crippen LogP contribution is -2.41. The number of nitrogens with one attached hydrogen (secondary N) is 2. The van der Waals surface area contributed by atoms with Crippen molar-refractivity contribution in [1.29, 1.82) is 0 Å². The molecule has 0 saturated heterocycles. The van der Waals surface area contributed by atoms with E-state index in [2.05, 4.69) is 5.43 Å². The number of aryl methyl sites for hydroxylation is 2. The molecule has 0 atom stereocenters. The fourth-order valence-corrected chi connectivity index (χ4v) is 3.21. The van der Waals surface area contributed by atoms with Crippen molar-refractivity contribution >= 4 is 21.6 Å². The number of amides is 1. The Labute approximate surface area is 162 Å². The molecule has 1 amide bonds. The summed E-state index contributed by atoms with van der Waals surface area (Å²) in [4.78, 5) is 23.7. The summed E-state index contributed by atoms with van der Waals surface area (Å²) in [7, 11) is -4.12. The molecule has 0 saturated carbocycles. The molecule has 0 aliphatic carbocycles. The standard InChI is InChI=1S/C18H21N3O6S/c1-13-5-3-6-15(11-13)27-10-4-7-18(22)19-20-28(25,26)16-9-8-14(2)17(12-16)21(23)24/h3,5-6,8-9,11-12,20H,4,7,10H2,1-2H3,(H,19,22). The largest absolute Gasteiger partial charge is 0.494 e. The van der Waals surface area contributed by atoms with Gasteiger partial charge in [-0.05, 0) is 44.0 Å². The number of sulfonamides is 1. The van der Waals surface area contributed by atoms with Crippen LogP contribution in [0, 0.1) is 24.0 Å². The van der Waals surface area contributed by atoms with E-state index in [9.17, 15) is 23.3 Å². The first-order valence-electron chi connectivity index (χ1n) is 8.44. The second kappa shape index (κ2) is 9.29. The molecule has 28 heavy (non-hydrogen) atoms. The number of hydrogen-bond donors (Lipinski definition) is 2. The van der Waals surface area contributed by atoms with E-state index in [-0.39, 0.29) is 17.0 Å². The van der Waals surface area contributed by atoms with Gasteiger partial charge in [-0.15, -0.1) is 4.83 Å².